The molecule has 13 heavy (non-hydrogen) atoms. The van der Waals surface area contributed by atoms with Crippen molar-refractivity contribution in [1.29, 1.82) is 0 Å². The zero-order valence-electron chi connectivity index (χ0n) is 9.39. The van der Waals surface area contributed by atoms with Crippen LogP contribution in [-0.2, 0) is 0 Å². The van der Waals surface area contributed by atoms with Crippen LogP contribution in [0.15, 0.2) is 0 Å². The van der Waals surface area contributed by atoms with Gasteiger partial charge in [0.1, 0.15) is 14.1 Å². The minimum Gasteiger partial charge on any atom is -0.128 e. The fourth-order valence-corrected chi connectivity index (χ4v) is 0.824. The zero-order chi connectivity index (χ0) is 10.5. The van der Waals surface area contributed by atoms with Gasteiger partial charge in [0.15, 0.2) is 0 Å². The minimum atomic E-state index is 0.318. The summed E-state index contributed by atoms with van der Waals surface area (Å²) in [7, 11) is 11.3. The molecule has 80 valence electrons. The molecule has 0 aliphatic carbocycles. The van der Waals surface area contributed by atoms with Gasteiger partial charge in [0.2, 0.25) is 0 Å². The Morgan fingerprint density at radius 2 is 0.846 bits per heavy atom. The first-order chi connectivity index (χ1) is 5.95. The molecule has 0 saturated carbocycles. The lowest BCUT2D eigenvalue weighted by Gasteiger charge is -2.37. The molecule has 0 unspecified atom stereocenters. The Hall–Kier alpha value is -0.280. The van der Waals surface area contributed by atoms with Gasteiger partial charge in [-0.1, -0.05) is 9.62 Å². The van der Waals surface area contributed by atoms with E-state index in [-0.39, 0.29) is 0 Å². The first-order valence-corrected chi connectivity index (χ1v) is 4.24. The number of rotatable bonds is 6. The van der Waals surface area contributed by atoms with Crippen molar-refractivity contribution < 1.29 is 9.62 Å². The molecule has 0 atom stereocenters. The van der Waals surface area contributed by atoms with Gasteiger partial charge < -0.3 is 0 Å². The summed E-state index contributed by atoms with van der Waals surface area (Å²) in [6, 6.07) is 0. The average Bonchev–Trinajstić information content (AvgIpc) is 2.17. The molecule has 5 N–H and O–H groups in total. The number of nitrogens with zero attached hydrogens (tertiary/aromatic N) is 2. The summed E-state index contributed by atoms with van der Waals surface area (Å²) >= 11 is 0. The van der Waals surface area contributed by atoms with Gasteiger partial charge in [0.25, 0.3) is 0 Å². The molecule has 0 radical (unpaired) electrons. The molecule has 0 aromatic rings. The van der Waals surface area contributed by atoms with Gasteiger partial charge in [-0.3, -0.25) is 0 Å². The van der Waals surface area contributed by atoms with Crippen molar-refractivity contribution in [3.8, 4) is 0 Å². The van der Waals surface area contributed by atoms with Crippen LogP contribution in [0.25, 0.3) is 0 Å². The van der Waals surface area contributed by atoms with Crippen molar-refractivity contribution >= 4 is 0 Å². The van der Waals surface area contributed by atoms with Crippen molar-refractivity contribution in [3.63, 3.8) is 0 Å². The molecule has 7 heteroatoms. The molecule has 7 nitrogen and oxygen atoms in total. The normalized spacial score (nSPS) is 13.4. The van der Waals surface area contributed by atoms with Crippen LogP contribution in [0.3, 0.4) is 0 Å². The highest BCUT2D eigenvalue weighted by Gasteiger charge is 2.31. The molecule has 0 aromatic heterocycles. The third-order valence-electron chi connectivity index (χ3n) is 2.19. The van der Waals surface area contributed by atoms with Gasteiger partial charge in [0.05, 0.1) is 5.53 Å². The number of hydrogen-bond acceptors (Lipinski definition) is 5. The van der Waals surface area contributed by atoms with Crippen LogP contribution in [-0.4, -0.2) is 51.9 Å². The maximum absolute atomic E-state index is 3.24. The van der Waals surface area contributed by atoms with Crippen molar-refractivity contribution in [1.82, 2.24) is 27.2 Å². The molecule has 0 bridgehead atoms. The highest BCUT2D eigenvalue weighted by atomic mass is 16.2. The van der Waals surface area contributed by atoms with E-state index in [4.69, 9.17) is 0 Å². The van der Waals surface area contributed by atoms with E-state index in [1.54, 1.807) is 0 Å². The first-order valence-electron chi connectivity index (χ1n) is 4.24. The third-order valence-corrected chi connectivity index (χ3v) is 2.19. The van der Waals surface area contributed by atoms with Crippen LogP contribution >= 0.6 is 0 Å². The smallest absolute Gasteiger partial charge is 0.128 e. The van der Waals surface area contributed by atoms with Gasteiger partial charge in [-0.05, 0) is 0 Å². The van der Waals surface area contributed by atoms with Gasteiger partial charge in [-0.15, -0.1) is 21.7 Å². The molecule has 0 fully saturated rings. The van der Waals surface area contributed by atoms with E-state index >= 15 is 0 Å². The second kappa shape index (κ2) is 4.82. The van der Waals surface area contributed by atoms with Crippen LogP contribution < -0.4 is 27.2 Å². The fourth-order valence-electron chi connectivity index (χ4n) is 0.824. The minimum absolute atomic E-state index is 0.318. The molecule has 0 amide bonds. The van der Waals surface area contributed by atoms with Crippen molar-refractivity contribution in [2.45, 2.75) is 0 Å². The average molecular weight is 193 g/mol. The number of nitrogens with one attached hydrogen (secondary N) is 5. The summed E-state index contributed by atoms with van der Waals surface area (Å²) in [5, 5.41) is 0. The van der Waals surface area contributed by atoms with E-state index in [0.717, 1.165) is 0 Å². The zero-order valence-corrected chi connectivity index (χ0v) is 9.39. The second-order valence-corrected chi connectivity index (χ2v) is 3.01. The first kappa shape index (κ1) is 12.7. The standard InChI is InChI=1S/C6H23N7/c1-7-12(5,8-2)11-13(6,9-3)10-4/h7-11H,1-6H3/q+2. The van der Waals surface area contributed by atoms with Gasteiger partial charge >= 0.3 is 0 Å². The summed E-state index contributed by atoms with van der Waals surface area (Å²) in [4.78, 5) is 0.635. The van der Waals surface area contributed by atoms with Crippen LogP contribution in [0.4, 0.5) is 0 Å². The maximum atomic E-state index is 3.24. The summed E-state index contributed by atoms with van der Waals surface area (Å²) in [6.07, 6.45) is 0. The highest BCUT2D eigenvalue weighted by molar-refractivity contribution is 4.03. The lowest BCUT2D eigenvalue weighted by atomic mass is 11.1. The van der Waals surface area contributed by atoms with E-state index in [1.165, 1.54) is 0 Å². The Balaban J connectivity index is 4.36. The predicted molar refractivity (Wildman–Crippen MR) is 51.7 cm³/mol. The molecule has 0 heterocycles. The van der Waals surface area contributed by atoms with E-state index in [0.29, 0.717) is 9.62 Å². The Morgan fingerprint density at radius 1 is 0.615 bits per heavy atom. The maximum Gasteiger partial charge on any atom is 0.130 e. The molecule has 0 aliphatic rings. The molecule has 0 aliphatic heterocycles. The Labute approximate surface area is 80.1 Å². The molecule has 0 aromatic carbocycles. The van der Waals surface area contributed by atoms with Gasteiger partial charge in [-0.2, -0.15) is 0 Å². The summed E-state index contributed by atoms with van der Waals surface area (Å²) < 4.78 is 0. The van der Waals surface area contributed by atoms with E-state index in [2.05, 4.69) is 27.2 Å². The number of quaternary nitrogens is 2. The highest BCUT2D eigenvalue weighted by Crippen LogP contribution is 1.88. The van der Waals surface area contributed by atoms with E-state index in [1.807, 2.05) is 42.3 Å². The molecule has 0 rings (SSSR count). The fraction of sp³-hybridized carbons (Fsp3) is 1.00. The van der Waals surface area contributed by atoms with Gasteiger partial charge in [0, 0.05) is 28.2 Å². The monoisotopic (exact) mass is 193 g/mol. The molecular weight excluding hydrogens is 170 g/mol. The predicted octanol–water partition coefficient (Wildman–Crippen LogP) is -2.16. The van der Waals surface area contributed by atoms with Gasteiger partial charge in [-0.25, -0.2) is 0 Å². The summed E-state index contributed by atoms with van der Waals surface area (Å²) in [5.74, 6) is 0. The summed E-state index contributed by atoms with van der Waals surface area (Å²) in [6.45, 7) is 0. The quantitative estimate of drug-likeness (QED) is 0.246. The lowest BCUT2D eigenvalue weighted by molar-refractivity contribution is -1.22. The Bertz CT molecular complexity index is 124. The Kier molecular flexibility index (Phi) is 4.71. The molecule has 0 saturated heterocycles. The summed E-state index contributed by atoms with van der Waals surface area (Å²) in [5.41, 5.74) is 15.5. The van der Waals surface area contributed by atoms with Crippen LogP contribution in [0.2, 0.25) is 0 Å². The van der Waals surface area contributed by atoms with E-state index < -0.39 is 0 Å². The van der Waals surface area contributed by atoms with Crippen molar-refractivity contribution in [2.24, 2.45) is 0 Å². The Morgan fingerprint density at radius 3 is 1.00 bits per heavy atom. The molecule has 0 spiro atoms. The topological polar surface area (TPSA) is 60.1 Å². The van der Waals surface area contributed by atoms with Crippen molar-refractivity contribution in [3.05, 3.63) is 0 Å². The van der Waals surface area contributed by atoms with Crippen molar-refractivity contribution in [2.75, 3.05) is 42.3 Å². The largest absolute Gasteiger partial charge is 0.130 e. The third kappa shape index (κ3) is 3.53. The van der Waals surface area contributed by atoms with Crippen LogP contribution in [0, 0.1) is 0 Å². The van der Waals surface area contributed by atoms with E-state index in [9.17, 15) is 0 Å². The molecular formula is C6H23N7+2. The van der Waals surface area contributed by atoms with Crippen LogP contribution in [0.5, 0.6) is 0 Å². The number of hydrogen-bond donors (Lipinski definition) is 5. The SMILES string of the molecule is CN[N+](C)(NC)N[N+](C)(NC)NC. The van der Waals surface area contributed by atoms with Crippen LogP contribution in [0.1, 0.15) is 0 Å². The second-order valence-electron chi connectivity index (χ2n) is 3.01. The lowest BCUT2D eigenvalue weighted by Crippen LogP contribution is -2.82.